The van der Waals surface area contributed by atoms with Gasteiger partial charge in [-0.25, -0.2) is 4.39 Å². The molecule has 7 heteroatoms. The van der Waals surface area contributed by atoms with Gasteiger partial charge < -0.3 is 4.57 Å². The predicted molar refractivity (Wildman–Crippen MR) is 99.0 cm³/mol. The van der Waals surface area contributed by atoms with Gasteiger partial charge in [-0.3, -0.25) is 4.79 Å². The molecule has 0 unspecified atom stereocenters. The van der Waals surface area contributed by atoms with Crippen LogP contribution >= 0.6 is 23.1 Å². The third-order valence-corrected chi connectivity index (χ3v) is 5.94. The summed E-state index contributed by atoms with van der Waals surface area (Å²) >= 11 is 2.85. The van der Waals surface area contributed by atoms with E-state index < -0.39 is 0 Å². The van der Waals surface area contributed by atoms with Crippen molar-refractivity contribution in [1.82, 2.24) is 14.8 Å². The summed E-state index contributed by atoms with van der Waals surface area (Å²) in [7, 11) is 0. The van der Waals surface area contributed by atoms with E-state index in [-0.39, 0.29) is 11.6 Å². The second-order valence-corrected chi connectivity index (χ2v) is 7.79. The summed E-state index contributed by atoms with van der Waals surface area (Å²) in [6.07, 6.45) is 0.795. The number of hydrogen-bond acceptors (Lipinski definition) is 5. The molecule has 0 aliphatic carbocycles. The molecular formula is C18H18FN3OS2. The van der Waals surface area contributed by atoms with Crippen LogP contribution in [0.5, 0.6) is 0 Å². The number of aryl methyl sites for hydroxylation is 2. The minimum absolute atomic E-state index is 0.0985. The second kappa shape index (κ2) is 7.93. The molecule has 0 radical (unpaired) electrons. The average Bonchev–Trinajstić information content (AvgIpc) is 3.21. The fraction of sp³-hybridized carbons (Fsp3) is 0.278. The summed E-state index contributed by atoms with van der Waals surface area (Å²) < 4.78 is 15.9. The molecule has 2 heterocycles. The van der Waals surface area contributed by atoms with Gasteiger partial charge in [-0.1, -0.05) is 35.2 Å². The van der Waals surface area contributed by atoms with Crippen molar-refractivity contribution in [1.29, 1.82) is 0 Å². The molecule has 1 aromatic carbocycles. The highest BCUT2D eigenvalue weighted by atomic mass is 32.2. The van der Waals surface area contributed by atoms with Gasteiger partial charge in [-0.05, 0) is 44.0 Å². The van der Waals surface area contributed by atoms with Crippen molar-refractivity contribution in [3.63, 3.8) is 0 Å². The SMILES string of the molecule is Cc1cc(C(=O)CSc2nncs2)c(C)n1CCc1ccc(F)cc1. The van der Waals surface area contributed by atoms with E-state index in [2.05, 4.69) is 14.8 Å². The molecule has 4 nitrogen and oxygen atoms in total. The van der Waals surface area contributed by atoms with E-state index in [9.17, 15) is 9.18 Å². The highest BCUT2D eigenvalue weighted by Crippen LogP contribution is 2.23. The maximum atomic E-state index is 13.0. The zero-order valence-corrected chi connectivity index (χ0v) is 15.7. The van der Waals surface area contributed by atoms with E-state index in [4.69, 9.17) is 0 Å². The van der Waals surface area contributed by atoms with Gasteiger partial charge in [-0.15, -0.1) is 10.2 Å². The number of Topliss-reactive ketones (excluding diaryl/α,β-unsaturated/α-hetero) is 1. The van der Waals surface area contributed by atoms with Gasteiger partial charge in [0.05, 0.1) is 5.75 Å². The predicted octanol–water partition coefficient (Wildman–Crippen LogP) is 4.31. The van der Waals surface area contributed by atoms with Crippen molar-refractivity contribution in [3.05, 3.63) is 64.2 Å². The summed E-state index contributed by atoms with van der Waals surface area (Å²) in [5, 5.41) is 7.72. The summed E-state index contributed by atoms with van der Waals surface area (Å²) in [6, 6.07) is 8.50. The molecule has 3 rings (SSSR count). The van der Waals surface area contributed by atoms with Gasteiger partial charge in [0.2, 0.25) is 0 Å². The van der Waals surface area contributed by atoms with E-state index in [1.165, 1.54) is 35.2 Å². The molecule has 0 aliphatic rings. The molecule has 0 bridgehead atoms. The molecule has 0 saturated carbocycles. The molecule has 0 spiro atoms. The van der Waals surface area contributed by atoms with Crippen LogP contribution in [0.4, 0.5) is 4.39 Å². The van der Waals surface area contributed by atoms with Crippen molar-refractivity contribution >= 4 is 28.9 Å². The topological polar surface area (TPSA) is 47.8 Å². The van der Waals surface area contributed by atoms with Crippen LogP contribution < -0.4 is 0 Å². The molecular weight excluding hydrogens is 357 g/mol. The number of benzene rings is 1. The van der Waals surface area contributed by atoms with E-state index in [1.54, 1.807) is 17.6 Å². The Hall–Kier alpha value is -1.99. The van der Waals surface area contributed by atoms with Gasteiger partial charge in [0.1, 0.15) is 11.3 Å². The normalized spacial score (nSPS) is 11.0. The second-order valence-electron chi connectivity index (χ2n) is 5.73. The first-order chi connectivity index (χ1) is 12.0. The van der Waals surface area contributed by atoms with Crippen LogP contribution in [0.2, 0.25) is 0 Å². The van der Waals surface area contributed by atoms with E-state index in [1.807, 2.05) is 19.9 Å². The lowest BCUT2D eigenvalue weighted by Crippen LogP contribution is -2.08. The zero-order chi connectivity index (χ0) is 17.8. The van der Waals surface area contributed by atoms with Crippen LogP contribution in [0.15, 0.2) is 40.2 Å². The minimum atomic E-state index is -0.224. The summed E-state index contributed by atoms with van der Waals surface area (Å²) in [6.45, 7) is 4.74. The fourth-order valence-corrected chi connectivity index (χ4v) is 4.12. The third kappa shape index (κ3) is 4.35. The van der Waals surface area contributed by atoms with Crippen LogP contribution in [0.1, 0.15) is 27.3 Å². The Labute approximate surface area is 154 Å². The van der Waals surface area contributed by atoms with E-state index in [0.717, 1.165) is 39.8 Å². The van der Waals surface area contributed by atoms with Gasteiger partial charge >= 0.3 is 0 Å². The fourth-order valence-electron chi connectivity index (χ4n) is 2.75. The number of hydrogen-bond donors (Lipinski definition) is 0. The van der Waals surface area contributed by atoms with Gasteiger partial charge in [0.25, 0.3) is 0 Å². The Bertz CT molecular complexity index is 857. The molecule has 3 aromatic rings. The quantitative estimate of drug-likeness (QED) is 0.456. The number of carbonyl (C=O) groups excluding carboxylic acids is 1. The minimum Gasteiger partial charge on any atom is -0.348 e. The van der Waals surface area contributed by atoms with Crippen LogP contribution in [0.25, 0.3) is 0 Å². The van der Waals surface area contributed by atoms with Crippen molar-refractivity contribution in [3.8, 4) is 0 Å². The molecule has 0 aliphatic heterocycles. The maximum Gasteiger partial charge on any atom is 0.174 e. The molecule has 2 aromatic heterocycles. The largest absolute Gasteiger partial charge is 0.348 e. The van der Waals surface area contributed by atoms with E-state index in [0.29, 0.717) is 5.75 Å². The van der Waals surface area contributed by atoms with Gasteiger partial charge in [0.15, 0.2) is 10.1 Å². The zero-order valence-electron chi connectivity index (χ0n) is 14.0. The first-order valence-corrected chi connectivity index (χ1v) is 9.74. The van der Waals surface area contributed by atoms with Gasteiger partial charge in [0, 0.05) is 23.5 Å². The molecule has 0 N–H and O–H groups in total. The highest BCUT2D eigenvalue weighted by Gasteiger charge is 2.16. The van der Waals surface area contributed by atoms with Crippen LogP contribution in [0, 0.1) is 19.7 Å². The number of rotatable bonds is 7. The lowest BCUT2D eigenvalue weighted by Gasteiger charge is -2.10. The van der Waals surface area contributed by atoms with Crippen LogP contribution in [-0.4, -0.2) is 26.3 Å². The van der Waals surface area contributed by atoms with Crippen molar-refractivity contribution in [2.75, 3.05) is 5.75 Å². The average molecular weight is 375 g/mol. The number of thioether (sulfide) groups is 1. The summed E-state index contributed by atoms with van der Waals surface area (Å²) in [4.78, 5) is 12.5. The highest BCUT2D eigenvalue weighted by molar-refractivity contribution is 8.01. The summed E-state index contributed by atoms with van der Waals surface area (Å²) in [5.74, 6) is 0.233. The first-order valence-electron chi connectivity index (χ1n) is 7.88. The number of aromatic nitrogens is 3. The summed E-state index contributed by atoms with van der Waals surface area (Å²) in [5.41, 5.74) is 5.53. The Morgan fingerprint density at radius 1 is 1.28 bits per heavy atom. The Kier molecular flexibility index (Phi) is 5.65. The van der Waals surface area contributed by atoms with Crippen LogP contribution in [0.3, 0.4) is 0 Å². The molecule has 0 amide bonds. The van der Waals surface area contributed by atoms with E-state index >= 15 is 0 Å². The Balaban J connectivity index is 1.67. The van der Waals surface area contributed by atoms with Crippen molar-refractivity contribution in [2.45, 2.75) is 31.2 Å². The van der Waals surface area contributed by atoms with Crippen molar-refractivity contribution in [2.24, 2.45) is 0 Å². The van der Waals surface area contributed by atoms with Crippen molar-refractivity contribution < 1.29 is 9.18 Å². The first kappa shape index (κ1) is 17.8. The van der Waals surface area contributed by atoms with Gasteiger partial charge in [-0.2, -0.15) is 0 Å². The molecule has 25 heavy (non-hydrogen) atoms. The number of nitrogens with zero attached hydrogens (tertiary/aromatic N) is 3. The number of carbonyl (C=O) groups is 1. The lowest BCUT2D eigenvalue weighted by molar-refractivity contribution is 0.102. The molecule has 0 atom stereocenters. The third-order valence-electron chi connectivity index (χ3n) is 4.08. The lowest BCUT2D eigenvalue weighted by atomic mass is 10.1. The molecule has 130 valence electrons. The monoisotopic (exact) mass is 375 g/mol. The number of halogens is 1. The Morgan fingerprint density at radius 2 is 2.04 bits per heavy atom. The maximum absolute atomic E-state index is 13.0. The Morgan fingerprint density at radius 3 is 2.72 bits per heavy atom. The molecule has 0 fully saturated rings. The van der Waals surface area contributed by atoms with Crippen LogP contribution in [-0.2, 0) is 13.0 Å². The number of ketones is 1. The molecule has 0 saturated heterocycles. The standard InChI is InChI=1S/C18H18FN3OS2/c1-12-9-16(17(23)10-24-18-21-20-11-25-18)13(2)22(12)8-7-14-3-5-15(19)6-4-14/h3-6,9,11H,7-8,10H2,1-2H3. The smallest absolute Gasteiger partial charge is 0.174 e.